The van der Waals surface area contributed by atoms with Crippen LogP contribution in [0, 0.1) is 13.8 Å². The van der Waals surface area contributed by atoms with E-state index in [9.17, 15) is 18.0 Å². The highest BCUT2D eigenvalue weighted by Crippen LogP contribution is 2.32. The van der Waals surface area contributed by atoms with Gasteiger partial charge in [0.2, 0.25) is 0 Å². The van der Waals surface area contributed by atoms with Gasteiger partial charge in [-0.05, 0) is 71.4 Å². The van der Waals surface area contributed by atoms with E-state index < -0.39 is 21.6 Å². The molecule has 3 heterocycles. The maximum atomic E-state index is 13.2. The van der Waals surface area contributed by atoms with Crippen LogP contribution in [0.2, 0.25) is 5.15 Å². The standard InChI is InChI=1S/C28H31ClN4O5S/c1-15-10-19(17(3)30-21-8-9-24(29)31-26(21)39(36,37)32-28(4,5)6)25-20(11-15)22(34)13-23(38-25)18-12-16(2)27(35)33(7)14-18/h8-14,17,30,32H,1-7H3. The van der Waals surface area contributed by atoms with Gasteiger partial charge in [0.05, 0.1) is 17.1 Å². The lowest BCUT2D eigenvalue weighted by atomic mass is 10.0. The number of aromatic nitrogens is 2. The monoisotopic (exact) mass is 570 g/mol. The number of aryl methyl sites for hydroxylation is 3. The number of nitrogens with one attached hydrogen (secondary N) is 2. The Morgan fingerprint density at radius 3 is 2.41 bits per heavy atom. The maximum Gasteiger partial charge on any atom is 0.260 e. The zero-order chi connectivity index (χ0) is 28.9. The van der Waals surface area contributed by atoms with Gasteiger partial charge in [0.15, 0.2) is 10.5 Å². The van der Waals surface area contributed by atoms with E-state index in [1.54, 1.807) is 59.1 Å². The van der Waals surface area contributed by atoms with Crippen molar-refractivity contribution in [3.63, 3.8) is 0 Å². The summed E-state index contributed by atoms with van der Waals surface area (Å²) in [7, 11) is -2.38. The lowest BCUT2D eigenvalue weighted by Crippen LogP contribution is -2.41. The van der Waals surface area contributed by atoms with Crippen LogP contribution in [0.15, 0.2) is 61.6 Å². The second kappa shape index (κ2) is 10.3. The fourth-order valence-electron chi connectivity index (χ4n) is 4.41. The topological polar surface area (TPSA) is 123 Å². The fraction of sp³-hybridized carbons (Fsp3) is 0.321. The third kappa shape index (κ3) is 6.08. The van der Waals surface area contributed by atoms with Crippen molar-refractivity contribution in [2.45, 2.75) is 58.1 Å². The molecule has 0 saturated carbocycles. The molecule has 0 spiro atoms. The van der Waals surface area contributed by atoms with Gasteiger partial charge >= 0.3 is 0 Å². The van der Waals surface area contributed by atoms with Gasteiger partial charge in [-0.25, -0.2) is 18.1 Å². The molecule has 9 nitrogen and oxygen atoms in total. The summed E-state index contributed by atoms with van der Waals surface area (Å²) in [6.07, 6.45) is 1.62. The largest absolute Gasteiger partial charge is 0.455 e. The van der Waals surface area contributed by atoms with Crippen molar-refractivity contribution >= 4 is 38.3 Å². The third-order valence-electron chi connectivity index (χ3n) is 6.01. The van der Waals surface area contributed by atoms with Crippen molar-refractivity contribution in [2.75, 3.05) is 5.32 Å². The van der Waals surface area contributed by atoms with E-state index in [4.69, 9.17) is 16.0 Å². The van der Waals surface area contributed by atoms with Gasteiger partial charge in [-0.3, -0.25) is 9.59 Å². The quantitative estimate of drug-likeness (QED) is 0.310. The van der Waals surface area contributed by atoms with Crippen molar-refractivity contribution in [1.29, 1.82) is 0 Å². The number of hydrogen-bond acceptors (Lipinski definition) is 7. The Kier molecular flexibility index (Phi) is 7.50. The Morgan fingerprint density at radius 2 is 1.77 bits per heavy atom. The molecule has 0 saturated heterocycles. The minimum Gasteiger partial charge on any atom is -0.455 e. The molecule has 0 fully saturated rings. The first kappa shape index (κ1) is 28.5. The molecule has 0 aliphatic heterocycles. The lowest BCUT2D eigenvalue weighted by molar-refractivity contribution is 0.490. The van der Waals surface area contributed by atoms with E-state index in [-0.39, 0.29) is 26.9 Å². The molecule has 39 heavy (non-hydrogen) atoms. The number of hydrogen-bond donors (Lipinski definition) is 2. The molecule has 0 bridgehead atoms. The fourth-order valence-corrected chi connectivity index (χ4v) is 6.14. The summed E-state index contributed by atoms with van der Waals surface area (Å²) >= 11 is 6.07. The number of fused-ring (bicyclic) bond motifs is 1. The highest BCUT2D eigenvalue weighted by Gasteiger charge is 2.28. The average Bonchev–Trinajstić information content (AvgIpc) is 2.81. The Hall–Kier alpha value is -3.47. The Labute approximate surface area is 231 Å². The number of benzene rings is 1. The van der Waals surface area contributed by atoms with E-state index in [1.165, 1.54) is 16.7 Å². The minimum atomic E-state index is -4.02. The van der Waals surface area contributed by atoms with E-state index in [1.807, 2.05) is 19.9 Å². The molecule has 11 heteroatoms. The van der Waals surface area contributed by atoms with Crippen LogP contribution in [0.25, 0.3) is 22.3 Å². The van der Waals surface area contributed by atoms with Gasteiger partial charge in [-0.2, -0.15) is 0 Å². The molecule has 3 aromatic heterocycles. The van der Waals surface area contributed by atoms with Crippen molar-refractivity contribution in [3.05, 3.63) is 85.0 Å². The second-order valence-electron chi connectivity index (χ2n) is 10.7. The zero-order valence-corrected chi connectivity index (χ0v) is 24.4. The predicted molar refractivity (Wildman–Crippen MR) is 154 cm³/mol. The number of sulfonamides is 1. The molecule has 0 aliphatic carbocycles. The van der Waals surface area contributed by atoms with Gasteiger partial charge in [0, 0.05) is 41.5 Å². The summed E-state index contributed by atoms with van der Waals surface area (Å²) in [4.78, 5) is 29.5. The van der Waals surface area contributed by atoms with E-state index in [2.05, 4.69) is 15.0 Å². The van der Waals surface area contributed by atoms with Crippen LogP contribution in [0.4, 0.5) is 5.69 Å². The van der Waals surface area contributed by atoms with Crippen LogP contribution in [0.5, 0.6) is 0 Å². The molecule has 0 amide bonds. The van der Waals surface area contributed by atoms with Gasteiger partial charge in [-0.1, -0.05) is 17.7 Å². The van der Waals surface area contributed by atoms with Gasteiger partial charge < -0.3 is 14.3 Å². The molecule has 1 aromatic carbocycles. The van der Waals surface area contributed by atoms with Crippen LogP contribution in [0.1, 0.15) is 50.4 Å². The lowest BCUT2D eigenvalue weighted by Gasteiger charge is -2.23. The van der Waals surface area contributed by atoms with Gasteiger partial charge in [0.1, 0.15) is 16.5 Å². The van der Waals surface area contributed by atoms with Crippen LogP contribution < -0.4 is 21.0 Å². The van der Waals surface area contributed by atoms with E-state index in [0.29, 0.717) is 33.4 Å². The second-order valence-corrected chi connectivity index (χ2v) is 12.7. The number of pyridine rings is 2. The summed E-state index contributed by atoms with van der Waals surface area (Å²) in [5, 5.41) is 3.41. The molecular formula is C28H31ClN4O5S. The molecule has 0 aliphatic rings. The van der Waals surface area contributed by atoms with Gasteiger partial charge in [-0.15, -0.1) is 0 Å². The molecule has 0 radical (unpaired) electrons. The summed E-state index contributed by atoms with van der Waals surface area (Å²) in [5.41, 5.74) is 2.07. The normalized spacial score (nSPS) is 13.0. The first-order valence-corrected chi connectivity index (χ1v) is 14.1. The number of rotatable bonds is 6. The molecule has 1 atom stereocenters. The van der Waals surface area contributed by atoms with Crippen LogP contribution in [0.3, 0.4) is 0 Å². The molecular weight excluding hydrogens is 540 g/mol. The summed E-state index contributed by atoms with van der Waals surface area (Å²) < 4.78 is 36.7. The summed E-state index contributed by atoms with van der Waals surface area (Å²) in [6, 6.07) is 9.27. The van der Waals surface area contributed by atoms with Crippen LogP contribution in [-0.4, -0.2) is 23.5 Å². The number of halogens is 1. The minimum absolute atomic E-state index is 0.0340. The molecule has 4 aromatic rings. The average molecular weight is 571 g/mol. The van der Waals surface area contributed by atoms with Crippen molar-refractivity contribution in [1.82, 2.24) is 14.3 Å². The first-order valence-electron chi connectivity index (χ1n) is 12.3. The Balaban J connectivity index is 1.85. The maximum absolute atomic E-state index is 13.2. The van der Waals surface area contributed by atoms with E-state index in [0.717, 1.165) is 5.56 Å². The molecule has 4 rings (SSSR count). The summed E-state index contributed by atoms with van der Waals surface area (Å²) in [5.74, 6) is 0.314. The Bertz CT molecular complexity index is 1790. The van der Waals surface area contributed by atoms with Crippen molar-refractivity contribution in [3.8, 4) is 11.3 Å². The number of anilines is 1. The SMILES string of the molecule is Cc1cc(C(C)Nc2ccc(Cl)nc2S(=O)(=O)NC(C)(C)C)c2oc(-c3cc(C)c(=O)n(C)c3)cc(=O)c2c1. The van der Waals surface area contributed by atoms with Crippen LogP contribution in [-0.2, 0) is 17.1 Å². The first-order chi connectivity index (χ1) is 18.1. The smallest absolute Gasteiger partial charge is 0.260 e. The molecule has 1 unspecified atom stereocenters. The molecule has 206 valence electrons. The number of nitrogens with zero attached hydrogens (tertiary/aromatic N) is 2. The summed E-state index contributed by atoms with van der Waals surface area (Å²) in [6.45, 7) is 10.6. The van der Waals surface area contributed by atoms with Crippen LogP contribution >= 0.6 is 11.6 Å². The third-order valence-corrected chi connectivity index (χ3v) is 7.92. The van der Waals surface area contributed by atoms with E-state index >= 15 is 0 Å². The zero-order valence-electron chi connectivity index (χ0n) is 22.8. The highest BCUT2D eigenvalue weighted by molar-refractivity contribution is 7.89. The van der Waals surface area contributed by atoms with Gasteiger partial charge in [0.25, 0.3) is 15.6 Å². The highest BCUT2D eigenvalue weighted by atomic mass is 35.5. The van der Waals surface area contributed by atoms with Crippen molar-refractivity contribution < 1.29 is 12.8 Å². The predicted octanol–water partition coefficient (Wildman–Crippen LogP) is 5.07. The Morgan fingerprint density at radius 1 is 1.08 bits per heavy atom. The van der Waals surface area contributed by atoms with Crippen molar-refractivity contribution in [2.24, 2.45) is 7.05 Å². The molecule has 2 N–H and O–H groups in total.